The molecule has 1 unspecified atom stereocenters. The summed E-state index contributed by atoms with van der Waals surface area (Å²) >= 11 is 0. The summed E-state index contributed by atoms with van der Waals surface area (Å²) in [7, 11) is 1.81. The van der Waals surface area contributed by atoms with Gasteiger partial charge in [-0.05, 0) is 55.9 Å². The van der Waals surface area contributed by atoms with E-state index in [0.29, 0.717) is 6.54 Å². The maximum Gasteiger partial charge on any atom is 0.317 e. The van der Waals surface area contributed by atoms with E-state index in [0.717, 1.165) is 29.8 Å². The smallest absolute Gasteiger partial charge is 0.317 e. The van der Waals surface area contributed by atoms with E-state index in [-0.39, 0.29) is 12.1 Å². The molecular weight excluding hydrogens is 352 g/mol. The third-order valence-corrected chi connectivity index (χ3v) is 5.37. The summed E-state index contributed by atoms with van der Waals surface area (Å²) in [6.45, 7) is 2.50. The van der Waals surface area contributed by atoms with Crippen LogP contribution >= 0.6 is 0 Å². The number of urea groups is 1. The highest BCUT2D eigenvalue weighted by molar-refractivity contribution is 5.74. The van der Waals surface area contributed by atoms with Crippen LogP contribution in [0, 0.1) is 0 Å². The van der Waals surface area contributed by atoms with Crippen molar-refractivity contribution in [3.63, 3.8) is 0 Å². The van der Waals surface area contributed by atoms with Gasteiger partial charge in [-0.3, -0.25) is 5.10 Å². The summed E-state index contributed by atoms with van der Waals surface area (Å²) in [4.78, 5) is 14.5. The predicted molar refractivity (Wildman–Crippen MR) is 107 cm³/mol. The molecule has 0 fully saturated rings. The van der Waals surface area contributed by atoms with Crippen LogP contribution in [0.4, 0.5) is 4.79 Å². The lowest BCUT2D eigenvalue weighted by Crippen LogP contribution is -2.38. The molecule has 2 amide bonds. The van der Waals surface area contributed by atoms with Gasteiger partial charge in [-0.15, -0.1) is 0 Å². The van der Waals surface area contributed by atoms with Gasteiger partial charge in [0.1, 0.15) is 0 Å². The van der Waals surface area contributed by atoms with Crippen molar-refractivity contribution in [3.8, 4) is 5.69 Å². The van der Waals surface area contributed by atoms with Crippen LogP contribution in [0.1, 0.15) is 48.3 Å². The fourth-order valence-corrected chi connectivity index (χ4v) is 3.82. The Kier molecular flexibility index (Phi) is 5.14. The molecule has 2 N–H and O–H groups in total. The van der Waals surface area contributed by atoms with Crippen molar-refractivity contribution in [3.05, 3.63) is 65.2 Å². The van der Waals surface area contributed by atoms with E-state index < -0.39 is 0 Å². The van der Waals surface area contributed by atoms with Crippen LogP contribution in [-0.2, 0) is 19.4 Å². The molecule has 1 aliphatic carbocycles. The van der Waals surface area contributed by atoms with Crippen molar-refractivity contribution in [2.75, 3.05) is 7.05 Å². The SMILES string of the molecule is CC(NC(=O)N(C)Cc1n[nH]c2c1CCCC2)c1ccccc1-n1cccn1. The summed E-state index contributed by atoms with van der Waals surface area (Å²) in [5.74, 6) is 0. The molecule has 2 aromatic heterocycles. The molecule has 0 saturated carbocycles. The number of carbonyl (C=O) groups is 1. The second-order valence-corrected chi connectivity index (χ2v) is 7.37. The molecule has 1 atom stereocenters. The molecule has 28 heavy (non-hydrogen) atoms. The highest BCUT2D eigenvalue weighted by Crippen LogP contribution is 2.24. The van der Waals surface area contributed by atoms with Crippen LogP contribution in [0.25, 0.3) is 5.69 Å². The minimum atomic E-state index is -0.150. The number of aryl methyl sites for hydroxylation is 1. The Balaban J connectivity index is 1.44. The third-order valence-electron chi connectivity index (χ3n) is 5.37. The minimum Gasteiger partial charge on any atom is -0.331 e. The first-order valence-corrected chi connectivity index (χ1v) is 9.79. The number of amides is 2. The highest BCUT2D eigenvalue weighted by atomic mass is 16.2. The second kappa shape index (κ2) is 7.88. The Labute approximate surface area is 164 Å². The molecule has 0 radical (unpaired) electrons. The maximum absolute atomic E-state index is 12.8. The van der Waals surface area contributed by atoms with Gasteiger partial charge in [0, 0.05) is 25.1 Å². The number of aromatic nitrogens is 4. The number of hydrogen-bond acceptors (Lipinski definition) is 3. The zero-order chi connectivity index (χ0) is 19.5. The summed E-state index contributed by atoms with van der Waals surface area (Å²) < 4.78 is 1.82. The van der Waals surface area contributed by atoms with Gasteiger partial charge in [0.15, 0.2) is 0 Å². The largest absolute Gasteiger partial charge is 0.331 e. The van der Waals surface area contributed by atoms with Crippen LogP contribution in [-0.4, -0.2) is 38.0 Å². The summed E-state index contributed by atoms with van der Waals surface area (Å²) in [5.41, 5.74) is 5.49. The summed E-state index contributed by atoms with van der Waals surface area (Å²) in [5, 5.41) is 15.0. The standard InChI is InChI=1S/C21H26N6O/c1-15(16-8-4-6-11-20(16)27-13-7-12-22-27)23-21(28)26(2)14-19-17-9-3-5-10-18(17)24-25-19/h4,6-8,11-13,15H,3,5,9-10,14H2,1-2H3,(H,23,28)(H,24,25). The van der Waals surface area contributed by atoms with Gasteiger partial charge in [0.05, 0.1) is 24.0 Å². The molecule has 7 heteroatoms. The maximum atomic E-state index is 12.8. The number of para-hydroxylation sites is 1. The number of aromatic amines is 1. The molecule has 4 rings (SSSR count). The molecule has 0 saturated heterocycles. The Morgan fingerprint density at radius 2 is 2.11 bits per heavy atom. The van der Waals surface area contributed by atoms with Gasteiger partial charge < -0.3 is 10.2 Å². The van der Waals surface area contributed by atoms with Gasteiger partial charge in [0.2, 0.25) is 0 Å². The number of H-pyrrole nitrogens is 1. The van der Waals surface area contributed by atoms with Crippen molar-refractivity contribution >= 4 is 6.03 Å². The topological polar surface area (TPSA) is 78.8 Å². The first-order valence-electron chi connectivity index (χ1n) is 9.79. The van der Waals surface area contributed by atoms with Crippen LogP contribution in [0.2, 0.25) is 0 Å². The Hall–Kier alpha value is -3.09. The van der Waals surface area contributed by atoms with E-state index in [1.165, 1.54) is 24.1 Å². The monoisotopic (exact) mass is 378 g/mol. The van der Waals surface area contributed by atoms with E-state index in [2.05, 4.69) is 20.6 Å². The second-order valence-electron chi connectivity index (χ2n) is 7.37. The lowest BCUT2D eigenvalue weighted by Gasteiger charge is -2.23. The molecule has 3 aromatic rings. The first kappa shape index (κ1) is 18.3. The van der Waals surface area contributed by atoms with Crippen molar-refractivity contribution < 1.29 is 4.79 Å². The Bertz CT molecular complexity index is 946. The number of hydrogen-bond donors (Lipinski definition) is 2. The molecule has 1 aromatic carbocycles. The van der Waals surface area contributed by atoms with E-state index in [4.69, 9.17) is 0 Å². The lowest BCUT2D eigenvalue weighted by atomic mass is 9.96. The van der Waals surface area contributed by atoms with E-state index >= 15 is 0 Å². The van der Waals surface area contributed by atoms with Crippen LogP contribution < -0.4 is 5.32 Å². The van der Waals surface area contributed by atoms with E-state index in [1.807, 2.05) is 55.2 Å². The van der Waals surface area contributed by atoms with Crippen LogP contribution in [0.5, 0.6) is 0 Å². The zero-order valence-electron chi connectivity index (χ0n) is 16.4. The van der Waals surface area contributed by atoms with E-state index in [1.54, 1.807) is 11.1 Å². The zero-order valence-corrected chi connectivity index (χ0v) is 16.4. The Morgan fingerprint density at radius 3 is 2.93 bits per heavy atom. The molecule has 2 heterocycles. The quantitative estimate of drug-likeness (QED) is 0.714. The lowest BCUT2D eigenvalue weighted by molar-refractivity contribution is 0.203. The number of rotatable bonds is 5. The molecule has 0 spiro atoms. The number of nitrogens with zero attached hydrogens (tertiary/aromatic N) is 4. The predicted octanol–water partition coefficient (Wildman–Crippen LogP) is 3.38. The van der Waals surface area contributed by atoms with Gasteiger partial charge in [-0.1, -0.05) is 18.2 Å². The van der Waals surface area contributed by atoms with E-state index in [9.17, 15) is 4.79 Å². The molecular formula is C21H26N6O. The van der Waals surface area contributed by atoms with Crippen LogP contribution in [0.3, 0.4) is 0 Å². The van der Waals surface area contributed by atoms with Gasteiger partial charge >= 0.3 is 6.03 Å². The number of benzene rings is 1. The van der Waals surface area contributed by atoms with Crippen molar-refractivity contribution in [2.45, 2.75) is 45.2 Å². The molecule has 0 aliphatic heterocycles. The van der Waals surface area contributed by atoms with Gasteiger partial charge in [0.25, 0.3) is 0 Å². The Morgan fingerprint density at radius 1 is 1.29 bits per heavy atom. The minimum absolute atomic E-state index is 0.115. The first-order chi connectivity index (χ1) is 13.6. The molecule has 7 nitrogen and oxygen atoms in total. The number of carbonyl (C=O) groups excluding carboxylic acids is 1. The van der Waals surface area contributed by atoms with Crippen LogP contribution in [0.15, 0.2) is 42.7 Å². The fraction of sp³-hybridized carbons (Fsp3) is 0.381. The van der Waals surface area contributed by atoms with Crippen molar-refractivity contribution in [1.29, 1.82) is 0 Å². The molecule has 1 aliphatic rings. The van der Waals surface area contributed by atoms with Gasteiger partial charge in [-0.2, -0.15) is 10.2 Å². The average Bonchev–Trinajstić information content (AvgIpc) is 3.38. The summed E-state index contributed by atoms with van der Waals surface area (Å²) in [6, 6.07) is 9.60. The summed E-state index contributed by atoms with van der Waals surface area (Å²) in [6.07, 6.45) is 8.15. The molecule has 146 valence electrons. The fourth-order valence-electron chi connectivity index (χ4n) is 3.82. The normalized spacial score (nSPS) is 14.4. The van der Waals surface area contributed by atoms with Crippen molar-refractivity contribution in [2.24, 2.45) is 0 Å². The van der Waals surface area contributed by atoms with Crippen molar-refractivity contribution in [1.82, 2.24) is 30.2 Å². The number of nitrogens with one attached hydrogen (secondary N) is 2. The average molecular weight is 378 g/mol. The third kappa shape index (κ3) is 3.65. The molecule has 0 bridgehead atoms. The number of fused-ring (bicyclic) bond motifs is 1. The van der Waals surface area contributed by atoms with Gasteiger partial charge in [-0.25, -0.2) is 9.48 Å². The highest BCUT2D eigenvalue weighted by Gasteiger charge is 2.21.